The van der Waals surface area contributed by atoms with Gasteiger partial charge < -0.3 is 4.74 Å². The van der Waals surface area contributed by atoms with Crippen molar-refractivity contribution < 1.29 is 4.74 Å². The van der Waals surface area contributed by atoms with Gasteiger partial charge in [0.15, 0.2) is 0 Å². The number of methoxy groups -OCH3 is 1. The fourth-order valence-electron chi connectivity index (χ4n) is 2.69. The molecule has 0 aromatic carbocycles. The van der Waals surface area contributed by atoms with Crippen molar-refractivity contribution in [1.29, 1.82) is 0 Å². The van der Waals surface area contributed by atoms with Gasteiger partial charge in [-0.15, -0.1) is 11.6 Å². The fraction of sp³-hybridized carbons (Fsp3) is 0.643. The number of aromatic nitrogens is 1. The fourth-order valence-corrected chi connectivity index (χ4v) is 2.84. The van der Waals surface area contributed by atoms with Gasteiger partial charge in [-0.2, -0.15) is 0 Å². The molecule has 1 aromatic heterocycles. The second-order valence-corrected chi connectivity index (χ2v) is 5.15. The van der Waals surface area contributed by atoms with Crippen LogP contribution in [0.4, 0.5) is 0 Å². The van der Waals surface area contributed by atoms with Crippen LogP contribution in [0, 0.1) is 0 Å². The Kier molecular flexibility index (Phi) is 5.26. The average Bonchev–Trinajstić information content (AvgIpc) is 2.84. The molecule has 2 heterocycles. The highest BCUT2D eigenvalue weighted by molar-refractivity contribution is 6.17. The van der Waals surface area contributed by atoms with E-state index in [9.17, 15) is 0 Å². The van der Waals surface area contributed by atoms with Crippen molar-refractivity contribution >= 4 is 11.6 Å². The van der Waals surface area contributed by atoms with E-state index in [0.29, 0.717) is 6.04 Å². The first kappa shape index (κ1) is 13.6. The van der Waals surface area contributed by atoms with Gasteiger partial charge in [0.1, 0.15) is 0 Å². The van der Waals surface area contributed by atoms with Crippen molar-refractivity contribution in [1.82, 2.24) is 9.88 Å². The minimum Gasteiger partial charge on any atom is -0.481 e. The van der Waals surface area contributed by atoms with Gasteiger partial charge >= 0.3 is 0 Å². The molecule has 0 radical (unpaired) electrons. The summed E-state index contributed by atoms with van der Waals surface area (Å²) in [7, 11) is 1.68. The van der Waals surface area contributed by atoms with Gasteiger partial charge in [-0.05, 0) is 38.3 Å². The molecule has 0 N–H and O–H groups in total. The van der Waals surface area contributed by atoms with E-state index in [1.54, 1.807) is 13.3 Å². The van der Waals surface area contributed by atoms with Gasteiger partial charge in [-0.3, -0.25) is 4.90 Å². The lowest BCUT2D eigenvalue weighted by Gasteiger charge is -2.24. The third kappa shape index (κ3) is 3.36. The molecule has 1 unspecified atom stereocenters. The van der Waals surface area contributed by atoms with Crippen molar-refractivity contribution in [2.24, 2.45) is 0 Å². The average molecular weight is 269 g/mol. The summed E-state index contributed by atoms with van der Waals surface area (Å²) in [6, 6.07) is 4.75. The second kappa shape index (κ2) is 6.95. The minimum atomic E-state index is 0.675. The van der Waals surface area contributed by atoms with Crippen molar-refractivity contribution in [2.45, 2.75) is 38.3 Å². The van der Waals surface area contributed by atoms with Gasteiger partial charge in [0, 0.05) is 30.2 Å². The molecule has 0 amide bonds. The van der Waals surface area contributed by atoms with Crippen molar-refractivity contribution in [3.8, 4) is 5.88 Å². The van der Waals surface area contributed by atoms with Crippen LogP contribution in [-0.2, 0) is 6.54 Å². The zero-order valence-corrected chi connectivity index (χ0v) is 11.7. The molecule has 0 saturated carbocycles. The first-order valence-corrected chi connectivity index (χ1v) is 7.16. The maximum atomic E-state index is 5.79. The highest BCUT2D eigenvalue weighted by atomic mass is 35.5. The van der Waals surface area contributed by atoms with E-state index >= 15 is 0 Å². The molecule has 1 aliphatic rings. The van der Waals surface area contributed by atoms with Crippen LogP contribution in [0.25, 0.3) is 0 Å². The van der Waals surface area contributed by atoms with Crippen LogP contribution in [0.2, 0.25) is 0 Å². The van der Waals surface area contributed by atoms with Crippen LogP contribution >= 0.6 is 11.6 Å². The van der Waals surface area contributed by atoms with Crippen molar-refractivity contribution in [3.63, 3.8) is 0 Å². The third-order valence-electron chi connectivity index (χ3n) is 3.59. The van der Waals surface area contributed by atoms with Gasteiger partial charge in [0.2, 0.25) is 5.88 Å². The van der Waals surface area contributed by atoms with Crippen LogP contribution in [-0.4, -0.2) is 35.5 Å². The van der Waals surface area contributed by atoms with Gasteiger partial charge in [-0.1, -0.05) is 6.07 Å². The molecular formula is C14H21ClN2O. The summed E-state index contributed by atoms with van der Waals surface area (Å²) in [5.74, 6) is 1.51. The molecule has 4 heteroatoms. The first-order chi connectivity index (χ1) is 8.85. The molecule has 1 saturated heterocycles. The number of rotatable bonds is 6. The van der Waals surface area contributed by atoms with Gasteiger partial charge in [-0.25, -0.2) is 4.98 Å². The maximum Gasteiger partial charge on any atom is 0.217 e. The number of hydrogen-bond acceptors (Lipinski definition) is 3. The van der Waals surface area contributed by atoms with Crippen LogP contribution in [0.15, 0.2) is 18.3 Å². The van der Waals surface area contributed by atoms with Crippen LogP contribution in [0.3, 0.4) is 0 Å². The number of nitrogens with zero attached hydrogens (tertiary/aromatic N) is 2. The zero-order valence-electron chi connectivity index (χ0n) is 10.9. The summed E-state index contributed by atoms with van der Waals surface area (Å²) in [5, 5.41) is 0. The number of hydrogen-bond donors (Lipinski definition) is 0. The number of pyridine rings is 1. The Labute approximate surface area is 114 Å². The Morgan fingerprint density at radius 2 is 2.44 bits per heavy atom. The highest BCUT2D eigenvalue weighted by Gasteiger charge is 2.24. The van der Waals surface area contributed by atoms with Crippen LogP contribution in [0.1, 0.15) is 31.2 Å². The lowest BCUT2D eigenvalue weighted by molar-refractivity contribution is 0.229. The lowest BCUT2D eigenvalue weighted by atomic mass is 10.1. The third-order valence-corrected chi connectivity index (χ3v) is 3.85. The molecule has 0 spiro atoms. The van der Waals surface area contributed by atoms with Crippen LogP contribution in [0.5, 0.6) is 5.88 Å². The summed E-state index contributed by atoms with van der Waals surface area (Å²) in [5.41, 5.74) is 1.18. The zero-order chi connectivity index (χ0) is 12.8. The molecule has 1 aliphatic heterocycles. The number of ether oxygens (including phenoxy) is 1. The normalized spacial score (nSPS) is 20.2. The predicted molar refractivity (Wildman–Crippen MR) is 74.2 cm³/mol. The van der Waals surface area contributed by atoms with E-state index in [1.165, 1.54) is 31.4 Å². The largest absolute Gasteiger partial charge is 0.481 e. The Morgan fingerprint density at radius 3 is 3.22 bits per heavy atom. The Morgan fingerprint density at radius 1 is 1.56 bits per heavy atom. The summed E-state index contributed by atoms with van der Waals surface area (Å²) >= 11 is 5.79. The molecule has 100 valence electrons. The van der Waals surface area contributed by atoms with Crippen molar-refractivity contribution in [3.05, 3.63) is 23.9 Å². The predicted octanol–water partition coefficient (Wildman–Crippen LogP) is 3.07. The standard InChI is InChI=1S/C14H21ClN2O/c1-18-14-12(5-3-9-16-14)11-17-10-4-7-13(17)6-2-8-15/h3,5,9,13H,2,4,6-8,10-11H2,1H3. The summed E-state index contributed by atoms with van der Waals surface area (Å²) < 4.78 is 5.31. The topological polar surface area (TPSA) is 25.4 Å². The second-order valence-electron chi connectivity index (χ2n) is 4.77. The molecule has 3 nitrogen and oxygen atoms in total. The summed E-state index contributed by atoms with van der Waals surface area (Å²) in [6.45, 7) is 2.11. The minimum absolute atomic E-state index is 0.675. The van der Waals surface area contributed by atoms with E-state index in [1.807, 2.05) is 6.07 Å². The quantitative estimate of drug-likeness (QED) is 0.742. The number of halogens is 1. The van der Waals surface area contributed by atoms with E-state index in [2.05, 4.69) is 16.0 Å². The van der Waals surface area contributed by atoms with E-state index in [0.717, 1.165) is 24.7 Å². The van der Waals surface area contributed by atoms with E-state index < -0.39 is 0 Å². The Hall–Kier alpha value is -0.800. The van der Waals surface area contributed by atoms with Gasteiger partial charge in [0.05, 0.1) is 7.11 Å². The Bertz CT molecular complexity index is 373. The summed E-state index contributed by atoms with van der Waals surface area (Å²) in [6.07, 6.45) is 6.66. The maximum absolute atomic E-state index is 5.79. The summed E-state index contributed by atoms with van der Waals surface area (Å²) in [4.78, 5) is 6.79. The van der Waals surface area contributed by atoms with Crippen LogP contribution < -0.4 is 4.74 Å². The molecule has 0 bridgehead atoms. The van der Waals surface area contributed by atoms with Gasteiger partial charge in [0.25, 0.3) is 0 Å². The molecule has 0 aliphatic carbocycles. The van der Waals surface area contributed by atoms with E-state index in [-0.39, 0.29) is 0 Å². The molecule has 1 aromatic rings. The molecule has 1 atom stereocenters. The van der Waals surface area contributed by atoms with E-state index in [4.69, 9.17) is 16.3 Å². The monoisotopic (exact) mass is 268 g/mol. The molecular weight excluding hydrogens is 248 g/mol. The highest BCUT2D eigenvalue weighted by Crippen LogP contribution is 2.25. The first-order valence-electron chi connectivity index (χ1n) is 6.63. The number of likely N-dealkylation sites (tertiary alicyclic amines) is 1. The number of alkyl halides is 1. The smallest absolute Gasteiger partial charge is 0.217 e. The molecule has 2 rings (SSSR count). The molecule has 18 heavy (non-hydrogen) atoms. The Balaban J connectivity index is 1.99. The SMILES string of the molecule is COc1ncccc1CN1CCCC1CCCCl. The van der Waals surface area contributed by atoms with Crippen molar-refractivity contribution in [2.75, 3.05) is 19.5 Å². The molecule has 1 fully saturated rings. The lowest BCUT2D eigenvalue weighted by Crippen LogP contribution is -2.29.